The third-order valence-electron chi connectivity index (χ3n) is 3.10. The predicted molar refractivity (Wildman–Crippen MR) is 93.2 cm³/mol. The first-order valence-electron chi connectivity index (χ1n) is 7.53. The van der Waals surface area contributed by atoms with Crippen molar-refractivity contribution in [3.8, 4) is 5.75 Å². The summed E-state index contributed by atoms with van der Waals surface area (Å²) in [6.07, 6.45) is 1.47. The number of rotatable bonds is 5. The summed E-state index contributed by atoms with van der Waals surface area (Å²) < 4.78 is 5.39. The van der Waals surface area contributed by atoms with Gasteiger partial charge in [0.05, 0.1) is 18.5 Å². The van der Waals surface area contributed by atoms with Gasteiger partial charge in [-0.2, -0.15) is 5.10 Å². The molecule has 0 aliphatic heterocycles. The van der Waals surface area contributed by atoms with E-state index in [1.807, 2.05) is 38.1 Å². The Morgan fingerprint density at radius 2 is 1.79 bits per heavy atom. The number of hydrogen-bond acceptors (Lipinski definition) is 4. The Balaban J connectivity index is 1.93. The molecule has 0 heterocycles. The van der Waals surface area contributed by atoms with Crippen LogP contribution < -0.4 is 15.5 Å². The molecule has 0 spiro atoms. The molecule has 0 fully saturated rings. The lowest BCUT2D eigenvalue weighted by molar-refractivity contribution is -0.136. The third kappa shape index (κ3) is 4.95. The van der Waals surface area contributed by atoms with E-state index in [1.54, 1.807) is 24.3 Å². The highest BCUT2D eigenvalue weighted by Crippen LogP contribution is 2.23. The molecule has 6 nitrogen and oxygen atoms in total. The van der Waals surface area contributed by atoms with E-state index in [1.165, 1.54) is 6.21 Å². The van der Waals surface area contributed by atoms with Crippen LogP contribution in [0, 0.1) is 6.92 Å². The van der Waals surface area contributed by atoms with Crippen LogP contribution in [0.4, 0.5) is 5.69 Å². The Morgan fingerprint density at radius 3 is 2.50 bits per heavy atom. The molecule has 0 aliphatic rings. The van der Waals surface area contributed by atoms with Crippen LogP contribution in [0.1, 0.15) is 18.1 Å². The first kappa shape index (κ1) is 17.2. The van der Waals surface area contributed by atoms with Crippen molar-refractivity contribution in [3.63, 3.8) is 0 Å². The summed E-state index contributed by atoms with van der Waals surface area (Å²) in [4.78, 5) is 23.7. The van der Waals surface area contributed by atoms with Crippen molar-refractivity contribution in [3.05, 3.63) is 59.7 Å². The standard InChI is InChI=1S/C18H19N3O3/c1-3-24-16-7-5-4-6-15(16)20-17(22)18(23)21-19-12-14-10-8-13(2)9-11-14/h4-12H,3H2,1-2H3,(H,20,22)(H,21,23)/b19-12-. The minimum absolute atomic E-state index is 0.432. The molecular weight excluding hydrogens is 306 g/mol. The summed E-state index contributed by atoms with van der Waals surface area (Å²) in [5.74, 6) is -1.17. The zero-order valence-electron chi connectivity index (χ0n) is 13.6. The van der Waals surface area contributed by atoms with Crippen LogP contribution in [0.15, 0.2) is 53.6 Å². The molecule has 0 unspecified atom stereocenters. The molecule has 124 valence electrons. The van der Waals surface area contributed by atoms with Crippen molar-refractivity contribution in [1.82, 2.24) is 5.43 Å². The fourth-order valence-corrected chi connectivity index (χ4v) is 1.90. The van der Waals surface area contributed by atoms with Crippen molar-refractivity contribution in [2.75, 3.05) is 11.9 Å². The smallest absolute Gasteiger partial charge is 0.329 e. The van der Waals surface area contributed by atoms with Gasteiger partial charge in [0.15, 0.2) is 0 Å². The lowest BCUT2D eigenvalue weighted by Crippen LogP contribution is -2.32. The molecule has 0 saturated carbocycles. The van der Waals surface area contributed by atoms with E-state index in [0.717, 1.165) is 11.1 Å². The summed E-state index contributed by atoms with van der Waals surface area (Å²) in [6.45, 7) is 4.28. The molecule has 2 amide bonds. The summed E-state index contributed by atoms with van der Waals surface area (Å²) in [7, 11) is 0. The minimum atomic E-state index is -0.857. The number of carbonyl (C=O) groups excluding carboxylic acids is 2. The molecule has 6 heteroatoms. The molecule has 2 aromatic carbocycles. The predicted octanol–water partition coefficient (Wildman–Crippen LogP) is 2.48. The number of aryl methyl sites for hydroxylation is 1. The number of hydrogen-bond donors (Lipinski definition) is 2. The van der Waals surface area contributed by atoms with Crippen molar-refractivity contribution >= 4 is 23.7 Å². The van der Waals surface area contributed by atoms with Gasteiger partial charge in [0.1, 0.15) is 5.75 Å². The molecule has 0 aromatic heterocycles. The lowest BCUT2D eigenvalue weighted by atomic mass is 10.2. The second kappa shape index (κ2) is 8.47. The summed E-state index contributed by atoms with van der Waals surface area (Å²) in [5, 5.41) is 6.28. The molecule has 0 atom stereocenters. The maximum Gasteiger partial charge on any atom is 0.329 e. The number of nitrogens with zero attached hydrogens (tertiary/aromatic N) is 1. The number of para-hydroxylation sites is 2. The van der Waals surface area contributed by atoms with E-state index in [-0.39, 0.29) is 0 Å². The quantitative estimate of drug-likeness (QED) is 0.503. The van der Waals surface area contributed by atoms with Gasteiger partial charge in [-0.15, -0.1) is 0 Å². The highest BCUT2D eigenvalue weighted by atomic mass is 16.5. The summed E-state index contributed by atoms with van der Waals surface area (Å²) in [5.41, 5.74) is 4.58. The number of amides is 2. The lowest BCUT2D eigenvalue weighted by Gasteiger charge is -2.10. The third-order valence-corrected chi connectivity index (χ3v) is 3.10. The van der Waals surface area contributed by atoms with Crippen LogP contribution in [0.25, 0.3) is 0 Å². The largest absolute Gasteiger partial charge is 0.492 e. The average Bonchev–Trinajstić information content (AvgIpc) is 2.58. The summed E-state index contributed by atoms with van der Waals surface area (Å²) in [6, 6.07) is 14.5. The molecule has 2 aromatic rings. The van der Waals surface area contributed by atoms with Gasteiger partial charge in [0.2, 0.25) is 0 Å². The van der Waals surface area contributed by atoms with Gasteiger partial charge in [-0.3, -0.25) is 9.59 Å². The molecule has 24 heavy (non-hydrogen) atoms. The number of ether oxygens (including phenoxy) is 1. The Morgan fingerprint density at radius 1 is 1.08 bits per heavy atom. The number of hydrazone groups is 1. The van der Waals surface area contributed by atoms with Gasteiger partial charge >= 0.3 is 11.8 Å². The highest BCUT2D eigenvalue weighted by Gasteiger charge is 2.14. The minimum Gasteiger partial charge on any atom is -0.492 e. The molecule has 0 bridgehead atoms. The Bertz CT molecular complexity index is 739. The number of carbonyl (C=O) groups is 2. The number of benzene rings is 2. The fourth-order valence-electron chi connectivity index (χ4n) is 1.90. The Hall–Kier alpha value is -3.15. The maximum atomic E-state index is 11.9. The maximum absolute atomic E-state index is 11.9. The molecular formula is C18H19N3O3. The van der Waals surface area contributed by atoms with Gasteiger partial charge in [-0.05, 0) is 31.5 Å². The molecule has 0 aliphatic carbocycles. The van der Waals surface area contributed by atoms with Gasteiger partial charge in [0, 0.05) is 0 Å². The zero-order chi connectivity index (χ0) is 17.4. The van der Waals surface area contributed by atoms with Crippen LogP contribution in [0.2, 0.25) is 0 Å². The molecule has 2 N–H and O–H groups in total. The molecule has 0 saturated heterocycles. The van der Waals surface area contributed by atoms with Crippen molar-refractivity contribution in [2.24, 2.45) is 5.10 Å². The van der Waals surface area contributed by atoms with E-state index in [4.69, 9.17) is 4.74 Å². The summed E-state index contributed by atoms with van der Waals surface area (Å²) >= 11 is 0. The average molecular weight is 325 g/mol. The van der Waals surface area contributed by atoms with Crippen LogP contribution in [0.5, 0.6) is 5.75 Å². The second-order valence-electron chi connectivity index (χ2n) is 4.99. The molecule has 0 radical (unpaired) electrons. The second-order valence-corrected chi connectivity index (χ2v) is 4.99. The fraction of sp³-hybridized carbons (Fsp3) is 0.167. The SMILES string of the molecule is CCOc1ccccc1NC(=O)C(=O)N/N=C\c1ccc(C)cc1. The van der Waals surface area contributed by atoms with E-state index < -0.39 is 11.8 Å². The van der Waals surface area contributed by atoms with E-state index in [0.29, 0.717) is 18.0 Å². The van der Waals surface area contributed by atoms with Gasteiger partial charge in [-0.1, -0.05) is 42.0 Å². The zero-order valence-corrected chi connectivity index (χ0v) is 13.6. The first-order chi connectivity index (χ1) is 11.6. The van der Waals surface area contributed by atoms with Crippen LogP contribution in [-0.2, 0) is 9.59 Å². The topological polar surface area (TPSA) is 79.8 Å². The molecule has 2 rings (SSSR count). The van der Waals surface area contributed by atoms with Gasteiger partial charge in [0.25, 0.3) is 0 Å². The van der Waals surface area contributed by atoms with Crippen LogP contribution in [0.3, 0.4) is 0 Å². The van der Waals surface area contributed by atoms with Crippen molar-refractivity contribution in [1.29, 1.82) is 0 Å². The normalized spacial score (nSPS) is 10.4. The van der Waals surface area contributed by atoms with Crippen LogP contribution >= 0.6 is 0 Å². The van der Waals surface area contributed by atoms with E-state index in [9.17, 15) is 9.59 Å². The van der Waals surface area contributed by atoms with Gasteiger partial charge in [-0.25, -0.2) is 5.43 Å². The first-order valence-corrected chi connectivity index (χ1v) is 7.53. The van der Waals surface area contributed by atoms with E-state index >= 15 is 0 Å². The van der Waals surface area contributed by atoms with Gasteiger partial charge < -0.3 is 10.1 Å². The van der Waals surface area contributed by atoms with Crippen molar-refractivity contribution < 1.29 is 14.3 Å². The van der Waals surface area contributed by atoms with Crippen molar-refractivity contribution in [2.45, 2.75) is 13.8 Å². The van der Waals surface area contributed by atoms with Crippen LogP contribution in [-0.4, -0.2) is 24.6 Å². The monoisotopic (exact) mass is 325 g/mol. The number of nitrogens with one attached hydrogen (secondary N) is 2. The Kier molecular flexibility index (Phi) is 6.08. The number of anilines is 1. The van der Waals surface area contributed by atoms with E-state index in [2.05, 4.69) is 15.8 Å². The Labute approximate surface area is 140 Å². The highest BCUT2D eigenvalue weighted by molar-refractivity contribution is 6.39.